The highest BCUT2D eigenvalue weighted by atomic mass is 15.3. The lowest BCUT2D eigenvalue weighted by Crippen LogP contribution is -2.59. The standard InChI is InChI=1S/C17H27N3/c1-12-10-20(11-13(2)19(12)4)16-9-14-7-5-6-8-15(14)17(16)18-3/h5-8,12-13,16-18H,9-11H2,1-4H3. The van der Waals surface area contributed by atoms with Crippen LogP contribution in [0.15, 0.2) is 24.3 Å². The fraction of sp³-hybridized carbons (Fsp3) is 0.647. The summed E-state index contributed by atoms with van der Waals surface area (Å²) in [6.45, 7) is 7.05. The van der Waals surface area contributed by atoms with Gasteiger partial charge in [-0.3, -0.25) is 9.80 Å². The fourth-order valence-electron chi connectivity index (χ4n) is 3.98. The van der Waals surface area contributed by atoms with Gasteiger partial charge in [0.05, 0.1) is 0 Å². The van der Waals surface area contributed by atoms with Crippen molar-refractivity contribution in [3.8, 4) is 0 Å². The van der Waals surface area contributed by atoms with Crippen molar-refractivity contribution < 1.29 is 0 Å². The van der Waals surface area contributed by atoms with Crippen LogP contribution in [0.25, 0.3) is 0 Å². The summed E-state index contributed by atoms with van der Waals surface area (Å²) >= 11 is 0. The second-order valence-corrected chi connectivity index (χ2v) is 6.55. The largest absolute Gasteiger partial charge is 0.312 e. The summed E-state index contributed by atoms with van der Waals surface area (Å²) < 4.78 is 0. The van der Waals surface area contributed by atoms with Gasteiger partial charge in [0.15, 0.2) is 0 Å². The lowest BCUT2D eigenvalue weighted by molar-refractivity contribution is 0.0267. The zero-order chi connectivity index (χ0) is 14.3. The van der Waals surface area contributed by atoms with E-state index in [2.05, 4.69) is 67.3 Å². The van der Waals surface area contributed by atoms with Crippen LogP contribution in [0.5, 0.6) is 0 Å². The topological polar surface area (TPSA) is 18.5 Å². The lowest BCUT2D eigenvalue weighted by Gasteiger charge is -2.46. The number of likely N-dealkylation sites (N-methyl/N-ethyl adjacent to an activating group) is 2. The highest BCUT2D eigenvalue weighted by Gasteiger charge is 2.38. The number of piperazine rings is 1. The molecule has 1 saturated heterocycles. The van der Waals surface area contributed by atoms with E-state index in [0.29, 0.717) is 24.2 Å². The van der Waals surface area contributed by atoms with Crippen molar-refractivity contribution in [1.29, 1.82) is 0 Å². The Bertz CT molecular complexity index is 461. The molecule has 3 nitrogen and oxygen atoms in total. The molecule has 1 aromatic rings. The summed E-state index contributed by atoms with van der Waals surface area (Å²) in [4.78, 5) is 5.21. The van der Waals surface area contributed by atoms with Gasteiger partial charge in [-0.1, -0.05) is 24.3 Å². The Kier molecular flexibility index (Phi) is 3.85. The van der Waals surface area contributed by atoms with Crippen LogP contribution in [0.1, 0.15) is 31.0 Å². The molecule has 1 heterocycles. The maximum atomic E-state index is 3.55. The molecule has 0 amide bonds. The number of hydrogen-bond acceptors (Lipinski definition) is 3. The van der Waals surface area contributed by atoms with Crippen LogP contribution in [0.2, 0.25) is 0 Å². The fourth-order valence-corrected chi connectivity index (χ4v) is 3.98. The maximum absolute atomic E-state index is 3.55. The molecule has 1 aliphatic carbocycles. The third-order valence-corrected chi connectivity index (χ3v) is 5.37. The highest BCUT2D eigenvalue weighted by Crippen LogP contribution is 2.35. The van der Waals surface area contributed by atoms with E-state index in [4.69, 9.17) is 0 Å². The maximum Gasteiger partial charge on any atom is 0.0481 e. The first-order valence-corrected chi connectivity index (χ1v) is 7.83. The molecule has 1 N–H and O–H groups in total. The van der Waals surface area contributed by atoms with Crippen molar-refractivity contribution in [1.82, 2.24) is 15.1 Å². The molecule has 2 aliphatic rings. The van der Waals surface area contributed by atoms with Crippen molar-refractivity contribution in [2.45, 2.75) is 44.4 Å². The van der Waals surface area contributed by atoms with Gasteiger partial charge in [0.25, 0.3) is 0 Å². The zero-order valence-corrected chi connectivity index (χ0v) is 13.1. The summed E-state index contributed by atoms with van der Waals surface area (Å²) in [6.07, 6.45) is 1.19. The van der Waals surface area contributed by atoms with Gasteiger partial charge in [0.1, 0.15) is 0 Å². The molecule has 0 aromatic heterocycles. The second-order valence-electron chi connectivity index (χ2n) is 6.55. The van der Waals surface area contributed by atoms with Crippen LogP contribution in [0.4, 0.5) is 0 Å². The Morgan fingerprint density at radius 3 is 2.40 bits per heavy atom. The molecule has 1 fully saturated rings. The van der Waals surface area contributed by atoms with Gasteiger partial charge in [0, 0.05) is 37.3 Å². The van der Waals surface area contributed by atoms with Crippen LogP contribution in [-0.4, -0.2) is 55.1 Å². The van der Waals surface area contributed by atoms with Gasteiger partial charge in [-0.05, 0) is 45.5 Å². The SMILES string of the molecule is CNC1c2ccccc2CC1N1CC(C)N(C)C(C)C1. The highest BCUT2D eigenvalue weighted by molar-refractivity contribution is 5.37. The molecule has 1 aliphatic heterocycles. The average Bonchev–Trinajstić information content (AvgIpc) is 2.82. The predicted molar refractivity (Wildman–Crippen MR) is 84.0 cm³/mol. The number of fused-ring (bicyclic) bond motifs is 1. The van der Waals surface area contributed by atoms with E-state index in [1.54, 1.807) is 0 Å². The van der Waals surface area contributed by atoms with Gasteiger partial charge in [0.2, 0.25) is 0 Å². The molecule has 4 atom stereocenters. The molecular formula is C17H27N3. The smallest absolute Gasteiger partial charge is 0.0481 e. The molecule has 110 valence electrons. The first kappa shape index (κ1) is 14.1. The van der Waals surface area contributed by atoms with E-state index in [1.807, 2.05) is 0 Å². The first-order chi connectivity index (χ1) is 9.61. The van der Waals surface area contributed by atoms with Gasteiger partial charge >= 0.3 is 0 Å². The first-order valence-electron chi connectivity index (χ1n) is 7.83. The molecule has 3 rings (SSSR count). The Morgan fingerprint density at radius 1 is 1.10 bits per heavy atom. The molecule has 20 heavy (non-hydrogen) atoms. The van der Waals surface area contributed by atoms with Gasteiger partial charge in [-0.15, -0.1) is 0 Å². The van der Waals surface area contributed by atoms with Crippen LogP contribution in [0.3, 0.4) is 0 Å². The molecule has 4 unspecified atom stereocenters. The molecule has 1 aromatic carbocycles. The van der Waals surface area contributed by atoms with E-state index in [0.717, 1.165) is 0 Å². The van der Waals surface area contributed by atoms with Gasteiger partial charge in [-0.25, -0.2) is 0 Å². The molecular weight excluding hydrogens is 246 g/mol. The Hall–Kier alpha value is -0.900. The Balaban J connectivity index is 1.82. The monoisotopic (exact) mass is 273 g/mol. The molecule has 0 spiro atoms. The quantitative estimate of drug-likeness (QED) is 0.888. The van der Waals surface area contributed by atoms with E-state index < -0.39 is 0 Å². The molecule has 3 heteroatoms. The summed E-state index contributed by atoms with van der Waals surface area (Å²) in [5.41, 5.74) is 3.02. The minimum Gasteiger partial charge on any atom is -0.312 e. The summed E-state index contributed by atoms with van der Waals surface area (Å²) in [5, 5.41) is 3.55. The number of nitrogens with one attached hydrogen (secondary N) is 1. The number of benzene rings is 1. The molecule has 0 bridgehead atoms. The Morgan fingerprint density at radius 2 is 1.75 bits per heavy atom. The second kappa shape index (κ2) is 5.47. The van der Waals surface area contributed by atoms with Crippen LogP contribution in [-0.2, 0) is 6.42 Å². The summed E-state index contributed by atoms with van der Waals surface area (Å²) in [5.74, 6) is 0. The Labute approximate surface area is 123 Å². The van der Waals surface area contributed by atoms with Gasteiger partial charge < -0.3 is 5.32 Å². The van der Waals surface area contributed by atoms with Crippen LogP contribution in [0, 0.1) is 0 Å². The summed E-state index contributed by atoms with van der Waals surface area (Å²) in [6, 6.07) is 11.3. The summed E-state index contributed by atoms with van der Waals surface area (Å²) in [7, 11) is 4.36. The molecule has 0 saturated carbocycles. The van der Waals surface area contributed by atoms with Crippen molar-refractivity contribution >= 4 is 0 Å². The van der Waals surface area contributed by atoms with Crippen LogP contribution >= 0.6 is 0 Å². The third-order valence-electron chi connectivity index (χ3n) is 5.37. The van der Waals surface area contributed by atoms with Crippen molar-refractivity contribution in [3.63, 3.8) is 0 Å². The van der Waals surface area contributed by atoms with E-state index >= 15 is 0 Å². The number of nitrogens with zero attached hydrogens (tertiary/aromatic N) is 2. The lowest BCUT2D eigenvalue weighted by atomic mass is 10.0. The van der Waals surface area contributed by atoms with Crippen molar-refractivity contribution in [2.75, 3.05) is 27.2 Å². The average molecular weight is 273 g/mol. The predicted octanol–water partition coefficient (Wildman–Crippen LogP) is 1.90. The minimum atomic E-state index is 0.481. The van der Waals surface area contributed by atoms with E-state index in [-0.39, 0.29) is 0 Å². The van der Waals surface area contributed by atoms with Gasteiger partial charge in [-0.2, -0.15) is 0 Å². The van der Waals surface area contributed by atoms with Crippen molar-refractivity contribution in [2.24, 2.45) is 0 Å². The number of rotatable bonds is 2. The van der Waals surface area contributed by atoms with Crippen LogP contribution < -0.4 is 5.32 Å². The number of hydrogen-bond donors (Lipinski definition) is 1. The van der Waals surface area contributed by atoms with E-state index in [1.165, 1.54) is 30.6 Å². The third kappa shape index (κ3) is 2.28. The molecule has 0 radical (unpaired) electrons. The van der Waals surface area contributed by atoms with Crippen molar-refractivity contribution in [3.05, 3.63) is 35.4 Å². The normalized spacial score (nSPS) is 35.2. The zero-order valence-electron chi connectivity index (χ0n) is 13.1. The minimum absolute atomic E-state index is 0.481. The van der Waals surface area contributed by atoms with E-state index in [9.17, 15) is 0 Å².